The van der Waals surface area contributed by atoms with Gasteiger partial charge in [-0.25, -0.2) is 9.67 Å². The molecule has 0 radical (unpaired) electrons. The molecule has 0 atom stereocenters. The van der Waals surface area contributed by atoms with Gasteiger partial charge in [-0.15, -0.1) is 0 Å². The number of amides is 1. The second-order valence-corrected chi connectivity index (χ2v) is 9.12. The van der Waals surface area contributed by atoms with E-state index in [4.69, 9.17) is 21.7 Å². The molecule has 8 heteroatoms. The summed E-state index contributed by atoms with van der Waals surface area (Å²) in [5.74, 6) is 1.18. The smallest absolute Gasteiger partial charge is 0.249 e. The largest absolute Gasteiger partial charge is 0.357 e. The Balaban J connectivity index is 1.46. The van der Waals surface area contributed by atoms with E-state index in [1.165, 1.54) is 31.8 Å². The zero-order valence-corrected chi connectivity index (χ0v) is 20.2. The van der Waals surface area contributed by atoms with Crippen LogP contribution >= 0.6 is 11.6 Å². The number of carbonyl (C=O) groups excluding carboxylic acids is 1. The number of fused-ring (bicyclic) bond motifs is 1. The van der Waals surface area contributed by atoms with Crippen molar-refractivity contribution in [3.63, 3.8) is 0 Å². The lowest BCUT2D eigenvalue weighted by molar-refractivity contribution is -0.111. The first-order valence-electron chi connectivity index (χ1n) is 11.9. The molecule has 178 valence electrons. The Bertz CT molecular complexity index is 1330. The van der Waals surface area contributed by atoms with E-state index in [-0.39, 0.29) is 5.91 Å². The number of benzene rings is 1. The van der Waals surface area contributed by atoms with Gasteiger partial charge in [0.05, 0.1) is 11.9 Å². The maximum absolute atomic E-state index is 12.7. The number of anilines is 2. The van der Waals surface area contributed by atoms with E-state index in [0.717, 1.165) is 41.1 Å². The quantitative estimate of drug-likeness (QED) is 0.361. The lowest BCUT2D eigenvalue weighted by atomic mass is 10.2. The Morgan fingerprint density at radius 1 is 1.03 bits per heavy atom. The summed E-state index contributed by atoms with van der Waals surface area (Å²) in [5.41, 5.74) is 2.65. The van der Waals surface area contributed by atoms with E-state index in [0.29, 0.717) is 17.4 Å². The first-order valence-corrected chi connectivity index (χ1v) is 12.3. The third kappa shape index (κ3) is 5.69. The van der Waals surface area contributed by atoms with Crippen LogP contribution in [0.25, 0.3) is 17.1 Å². The topological polar surface area (TPSA) is 75.9 Å². The van der Waals surface area contributed by atoms with Gasteiger partial charge in [-0.3, -0.25) is 9.78 Å². The summed E-state index contributed by atoms with van der Waals surface area (Å²) in [7, 11) is 0. The molecule has 4 aromatic rings. The third-order valence-electron chi connectivity index (χ3n) is 6.11. The second kappa shape index (κ2) is 10.7. The summed E-state index contributed by atoms with van der Waals surface area (Å²) in [6.45, 7) is 2.53. The number of halogens is 1. The number of pyridine rings is 2. The molecule has 1 saturated heterocycles. The Morgan fingerprint density at radius 3 is 2.57 bits per heavy atom. The lowest BCUT2D eigenvalue weighted by Gasteiger charge is -2.21. The molecule has 4 heterocycles. The molecular weight excluding hydrogens is 460 g/mol. The van der Waals surface area contributed by atoms with Crippen LogP contribution in [0.15, 0.2) is 67.0 Å². The Kier molecular flexibility index (Phi) is 7.04. The number of hydrogen-bond donors (Lipinski definition) is 1. The van der Waals surface area contributed by atoms with Crippen molar-refractivity contribution in [2.24, 2.45) is 0 Å². The molecule has 0 bridgehead atoms. The molecule has 5 rings (SSSR count). The summed E-state index contributed by atoms with van der Waals surface area (Å²) in [5, 5.41) is 9.15. The predicted molar refractivity (Wildman–Crippen MR) is 141 cm³/mol. The molecule has 35 heavy (non-hydrogen) atoms. The number of carbonyl (C=O) groups is 1. The van der Waals surface area contributed by atoms with Gasteiger partial charge in [0.2, 0.25) is 5.91 Å². The van der Waals surface area contributed by atoms with Gasteiger partial charge < -0.3 is 10.2 Å². The standard InChI is InChI=1S/C27H27ClN6O/c28-22-10-7-21(8-11-22)19-34-27-23(12-13-24(30-27)33-16-3-1-2-4-17-33)26(32-34)31-25(35)14-9-20-6-5-15-29-18-20/h5-15,18H,1-4,16-17,19H2,(H,31,32,35)/b14-9+. The molecule has 1 aliphatic heterocycles. The normalized spacial score (nSPS) is 14.4. The van der Waals surface area contributed by atoms with Crippen LogP contribution in [0, 0.1) is 0 Å². The highest BCUT2D eigenvalue weighted by atomic mass is 35.5. The number of nitrogens with one attached hydrogen (secondary N) is 1. The zero-order valence-electron chi connectivity index (χ0n) is 19.4. The summed E-state index contributed by atoms with van der Waals surface area (Å²) in [4.78, 5) is 24.1. The van der Waals surface area contributed by atoms with Crippen molar-refractivity contribution >= 4 is 46.3 Å². The van der Waals surface area contributed by atoms with Crippen LogP contribution in [-0.2, 0) is 11.3 Å². The van der Waals surface area contributed by atoms with Crippen molar-refractivity contribution in [1.82, 2.24) is 19.7 Å². The molecular formula is C27H27ClN6O. The van der Waals surface area contributed by atoms with Crippen molar-refractivity contribution in [2.75, 3.05) is 23.3 Å². The minimum Gasteiger partial charge on any atom is -0.357 e. The van der Waals surface area contributed by atoms with Crippen LogP contribution in [0.1, 0.15) is 36.8 Å². The molecule has 0 aliphatic carbocycles. The van der Waals surface area contributed by atoms with Crippen molar-refractivity contribution in [1.29, 1.82) is 0 Å². The van der Waals surface area contributed by atoms with Crippen molar-refractivity contribution in [3.05, 3.63) is 83.2 Å². The minimum absolute atomic E-state index is 0.261. The fraction of sp³-hybridized carbons (Fsp3) is 0.259. The van der Waals surface area contributed by atoms with E-state index in [1.54, 1.807) is 18.5 Å². The predicted octanol–water partition coefficient (Wildman–Crippen LogP) is 5.56. The van der Waals surface area contributed by atoms with Crippen molar-refractivity contribution < 1.29 is 4.79 Å². The van der Waals surface area contributed by atoms with E-state index in [1.807, 2.05) is 53.2 Å². The maximum Gasteiger partial charge on any atom is 0.249 e. The van der Waals surface area contributed by atoms with E-state index in [2.05, 4.69) is 15.2 Å². The highest BCUT2D eigenvalue weighted by Crippen LogP contribution is 2.27. The number of nitrogens with zero attached hydrogens (tertiary/aromatic N) is 5. The lowest BCUT2D eigenvalue weighted by Crippen LogP contribution is -2.24. The molecule has 1 fully saturated rings. The first-order chi connectivity index (χ1) is 17.2. The molecule has 0 spiro atoms. The third-order valence-corrected chi connectivity index (χ3v) is 6.36. The SMILES string of the molecule is O=C(/C=C/c1cccnc1)Nc1nn(Cc2ccc(Cl)cc2)c2nc(N3CCCCCC3)ccc12. The fourth-order valence-electron chi connectivity index (χ4n) is 4.29. The van der Waals surface area contributed by atoms with Crippen LogP contribution in [0.4, 0.5) is 11.6 Å². The number of aromatic nitrogens is 4. The highest BCUT2D eigenvalue weighted by Gasteiger charge is 2.17. The Morgan fingerprint density at radius 2 is 1.83 bits per heavy atom. The van der Waals surface area contributed by atoms with E-state index in [9.17, 15) is 4.79 Å². The van der Waals surface area contributed by atoms with Crippen LogP contribution in [0.2, 0.25) is 5.02 Å². The number of rotatable bonds is 6. The zero-order chi connectivity index (χ0) is 24.0. The molecule has 1 N–H and O–H groups in total. The Hall–Kier alpha value is -3.71. The summed E-state index contributed by atoms with van der Waals surface area (Å²) < 4.78 is 1.85. The summed E-state index contributed by atoms with van der Waals surface area (Å²) in [6.07, 6.45) is 11.5. The Labute approximate surface area is 209 Å². The van der Waals surface area contributed by atoms with Crippen molar-refractivity contribution in [3.8, 4) is 0 Å². The molecule has 7 nitrogen and oxygen atoms in total. The van der Waals surface area contributed by atoms with Gasteiger partial charge in [0.25, 0.3) is 0 Å². The summed E-state index contributed by atoms with van der Waals surface area (Å²) in [6, 6.07) is 15.4. The number of hydrogen-bond acceptors (Lipinski definition) is 5. The molecule has 0 unspecified atom stereocenters. The van der Waals surface area contributed by atoms with E-state index < -0.39 is 0 Å². The molecule has 3 aromatic heterocycles. The van der Waals surface area contributed by atoms with Crippen LogP contribution in [0.5, 0.6) is 0 Å². The van der Waals surface area contributed by atoms with Crippen LogP contribution in [0.3, 0.4) is 0 Å². The van der Waals surface area contributed by atoms with Gasteiger partial charge in [0, 0.05) is 36.6 Å². The van der Waals surface area contributed by atoms with Gasteiger partial charge in [0.1, 0.15) is 5.82 Å². The molecule has 1 aliphatic rings. The van der Waals surface area contributed by atoms with Crippen LogP contribution in [-0.4, -0.2) is 38.7 Å². The average Bonchev–Trinajstić information content (AvgIpc) is 3.03. The summed E-state index contributed by atoms with van der Waals surface area (Å²) >= 11 is 6.07. The fourth-order valence-corrected chi connectivity index (χ4v) is 4.41. The van der Waals surface area contributed by atoms with Crippen molar-refractivity contribution in [2.45, 2.75) is 32.2 Å². The monoisotopic (exact) mass is 486 g/mol. The maximum atomic E-state index is 12.7. The average molecular weight is 487 g/mol. The van der Waals surface area contributed by atoms with E-state index >= 15 is 0 Å². The van der Waals surface area contributed by atoms with Gasteiger partial charge in [0.15, 0.2) is 11.5 Å². The molecule has 1 aromatic carbocycles. The minimum atomic E-state index is -0.261. The van der Waals surface area contributed by atoms with Gasteiger partial charge in [-0.05, 0) is 60.4 Å². The first kappa shape index (κ1) is 23.1. The highest BCUT2D eigenvalue weighted by molar-refractivity contribution is 6.30. The molecule has 1 amide bonds. The van der Waals surface area contributed by atoms with Crippen LogP contribution < -0.4 is 10.2 Å². The molecule has 0 saturated carbocycles. The second-order valence-electron chi connectivity index (χ2n) is 8.68. The van der Waals surface area contributed by atoms with Gasteiger partial charge in [-0.2, -0.15) is 5.10 Å². The van der Waals surface area contributed by atoms with Gasteiger partial charge >= 0.3 is 0 Å². The van der Waals surface area contributed by atoms with Gasteiger partial charge in [-0.1, -0.05) is 42.6 Å².